The number of nitrogens with zero attached hydrogens (tertiary/aromatic N) is 1. The quantitative estimate of drug-likeness (QED) is 0.828. The number of hydrogen-bond acceptors (Lipinski definition) is 4. The summed E-state index contributed by atoms with van der Waals surface area (Å²) in [5, 5.41) is 0. The van der Waals surface area contributed by atoms with Crippen LogP contribution in [0.4, 0.5) is 13.2 Å². The fourth-order valence-electron chi connectivity index (χ4n) is 2.80. The molecule has 0 unspecified atom stereocenters. The van der Waals surface area contributed by atoms with E-state index in [9.17, 15) is 22.8 Å². The van der Waals surface area contributed by atoms with Crippen molar-refractivity contribution >= 4 is 11.6 Å². The van der Waals surface area contributed by atoms with Crippen LogP contribution in [0.2, 0.25) is 0 Å². The van der Waals surface area contributed by atoms with Crippen molar-refractivity contribution in [3.63, 3.8) is 0 Å². The van der Waals surface area contributed by atoms with Gasteiger partial charge in [0.15, 0.2) is 11.6 Å². The van der Waals surface area contributed by atoms with Crippen LogP contribution in [0.15, 0.2) is 47.7 Å². The first-order valence-electron chi connectivity index (χ1n) is 7.71. The minimum Gasteiger partial charge on any atom is -0.497 e. The summed E-state index contributed by atoms with van der Waals surface area (Å²) < 4.78 is 43.0. The normalized spacial score (nSPS) is 14.5. The van der Waals surface area contributed by atoms with E-state index in [2.05, 4.69) is 4.98 Å². The molecule has 1 aromatic carbocycles. The smallest absolute Gasteiger partial charge is 0.417 e. The maximum atomic E-state index is 12.8. The van der Waals surface area contributed by atoms with Crippen LogP contribution in [0.1, 0.15) is 38.9 Å². The summed E-state index contributed by atoms with van der Waals surface area (Å²) in [4.78, 5) is 29.1. The number of alkyl halides is 3. The van der Waals surface area contributed by atoms with Gasteiger partial charge in [-0.1, -0.05) is 0 Å². The number of rotatable bonds is 3. The molecule has 2 aromatic rings. The molecule has 26 heavy (non-hydrogen) atoms. The third-order valence-electron chi connectivity index (χ3n) is 4.29. The second-order valence-electron chi connectivity index (χ2n) is 5.89. The zero-order valence-corrected chi connectivity index (χ0v) is 14.0. The van der Waals surface area contributed by atoms with Gasteiger partial charge in [0, 0.05) is 40.6 Å². The number of carbonyl (C=O) groups is 2. The molecule has 0 bridgehead atoms. The van der Waals surface area contributed by atoms with Gasteiger partial charge in [0.1, 0.15) is 5.75 Å². The van der Waals surface area contributed by atoms with Crippen LogP contribution in [0, 0.1) is 0 Å². The summed E-state index contributed by atoms with van der Waals surface area (Å²) in [6, 6.07) is 6.74. The molecule has 3 rings (SSSR count). The minimum absolute atomic E-state index is 0.0226. The number of Topliss-reactive ketones (excluding diaryl/α,β-unsaturated/α-hetero) is 2. The molecular formula is C19H14F3NO3. The lowest BCUT2D eigenvalue weighted by atomic mass is 9.82. The fraction of sp³-hybridized carbons (Fsp3) is 0.211. The van der Waals surface area contributed by atoms with Crippen LogP contribution in [-0.4, -0.2) is 23.7 Å². The van der Waals surface area contributed by atoms with E-state index < -0.39 is 11.7 Å². The molecule has 1 heterocycles. The summed E-state index contributed by atoms with van der Waals surface area (Å²) in [7, 11) is 1.45. The van der Waals surface area contributed by atoms with E-state index in [-0.39, 0.29) is 46.0 Å². The van der Waals surface area contributed by atoms with E-state index >= 15 is 0 Å². The highest BCUT2D eigenvalue weighted by molar-refractivity contribution is 6.26. The Kier molecular flexibility index (Phi) is 4.39. The molecule has 0 aliphatic heterocycles. The third kappa shape index (κ3) is 3.12. The lowest BCUT2D eigenvalue weighted by Crippen LogP contribution is -2.22. The maximum Gasteiger partial charge on any atom is 0.417 e. The number of fused-ring (bicyclic) bond motifs is 1. The Morgan fingerprint density at radius 1 is 1.04 bits per heavy atom. The van der Waals surface area contributed by atoms with Crippen LogP contribution < -0.4 is 4.74 Å². The van der Waals surface area contributed by atoms with Crippen molar-refractivity contribution in [1.82, 2.24) is 4.98 Å². The number of halogens is 3. The van der Waals surface area contributed by atoms with Crippen molar-refractivity contribution < 1.29 is 27.5 Å². The summed E-state index contributed by atoms with van der Waals surface area (Å²) >= 11 is 0. The molecule has 1 aromatic heterocycles. The summed E-state index contributed by atoms with van der Waals surface area (Å²) in [5.74, 6) is -0.196. The molecule has 1 aliphatic carbocycles. The van der Waals surface area contributed by atoms with Gasteiger partial charge in [0.2, 0.25) is 0 Å². The number of ketones is 2. The second-order valence-corrected chi connectivity index (χ2v) is 5.89. The Balaban J connectivity index is 1.95. The van der Waals surface area contributed by atoms with E-state index in [4.69, 9.17) is 4.74 Å². The number of pyridine rings is 1. The molecule has 0 atom stereocenters. The maximum absolute atomic E-state index is 12.8. The number of benzene rings is 1. The Morgan fingerprint density at radius 3 is 2.35 bits per heavy atom. The van der Waals surface area contributed by atoms with Gasteiger partial charge < -0.3 is 4.74 Å². The fourth-order valence-corrected chi connectivity index (χ4v) is 2.80. The standard InChI is InChI=1S/C19H14F3NO3/c1-10-15(7-12-4-3-11(9-23-12)19(20,21)22)18(25)16-8-13(26-2)5-6-14(16)17(10)24/h3-6,8-9H,7H2,1-2H3. The predicted octanol–water partition coefficient (Wildman–Crippen LogP) is 4.05. The Bertz CT molecular complexity index is 928. The first-order chi connectivity index (χ1) is 12.2. The monoisotopic (exact) mass is 361 g/mol. The molecule has 0 amide bonds. The highest BCUT2D eigenvalue weighted by atomic mass is 19.4. The van der Waals surface area contributed by atoms with Crippen molar-refractivity contribution in [2.24, 2.45) is 0 Å². The van der Waals surface area contributed by atoms with Gasteiger partial charge in [-0.05, 0) is 37.3 Å². The Morgan fingerprint density at radius 2 is 1.77 bits per heavy atom. The van der Waals surface area contributed by atoms with Crippen molar-refractivity contribution in [2.45, 2.75) is 19.5 Å². The van der Waals surface area contributed by atoms with Gasteiger partial charge in [-0.2, -0.15) is 13.2 Å². The molecule has 134 valence electrons. The zero-order valence-electron chi connectivity index (χ0n) is 14.0. The van der Waals surface area contributed by atoms with Crippen LogP contribution >= 0.6 is 0 Å². The number of ether oxygens (including phenoxy) is 1. The number of methoxy groups -OCH3 is 1. The van der Waals surface area contributed by atoms with Gasteiger partial charge in [-0.25, -0.2) is 0 Å². The minimum atomic E-state index is -4.48. The molecule has 0 radical (unpaired) electrons. The topological polar surface area (TPSA) is 56.3 Å². The zero-order chi connectivity index (χ0) is 19.1. The van der Waals surface area contributed by atoms with E-state index in [1.165, 1.54) is 32.2 Å². The molecule has 0 saturated carbocycles. The molecule has 0 N–H and O–H groups in total. The Labute approximate surface area is 147 Å². The van der Waals surface area contributed by atoms with Crippen molar-refractivity contribution in [3.05, 3.63) is 70.1 Å². The van der Waals surface area contributed by atoms with E-state index in [1.807, 2.05) is 0 Å². The SMILES string of the molecule is COc1ccc2c(c1)C(=O)C(Cc1ccc(C(F)(F)F)cn1)=C(C)C2=O. The van der Waals surface area contributed by atoms with Crippen molar-refractivity contribution in [3.8, 4) is 5.75 Å². The third-order valence-corrected chi connectivity index (χ3v) is 4.29. The van der Waals surface area contributed by atoms with Gasteiger partial charge in [-0.15, -0.1) is 0 Å². The van der Waals surface area contributed by atoms with E-state index in [0.29, 0.717) is 5.75 Å². The largest absolute Gasteiger partial charge is 0.497 e. The Hall–Kier alpha value is -2.96. The van der Waals surface area contributed by atoms with Crippen LogP contribution in [-0.2, 0) is 12.6 Å². The summed E-state index contributed by atoms with van der Waals surface area (Å²) in [6.45, 7) is 1.53. The number of aromatic nitrogens is 1. The first-order valence-corrected chi connectivity index (χ1v) is 7.71. The summed E-state index contributed by atoms with van der Waals surface area (Å²) in [6.07, 6.45) is -3.78. The average Bonchev–Trinajstić information content (AvgIpc) is 2.62. The van der Waals surface area contributed by atoms with E-state index in [0.717, 1.165) is 12.3 Å². The second kappa shape index (κ2) is 6.40. The van der Waals surface area contributed by atoms with Gasteiger partial charge >= 0.3 is 6.18 Å². The first kappa shape index (κ1) is 17.8. The molecule has 0 fully saturated rings. The summed E-state index contributed by atoms with van der Waals surface area (Å²) in [5.41, 5.74) is 0.421. The van der Waals surface area contributed by atoms with Crippen LogP contribution in [0.3, 0.4) is 0 Å². The molecule has 0 saturated heterocycles. The average molecular weight is 361 g/mol. The van der Waals surface area contributed by atoms with Gasteiger partial charge in [0.05, 0.1) is 12.7 Å². The molecule has 1 aliphatic rings. The lowest BCUT2D eigenvalue weighted by molar-refractivity contribution is -0.137. The molecule has 7 heteroatoms. The lowest BCUT2D eigenvalue weighted by Gasteiger charge is -2.19. The van der Waals surface area contributed by atoms with Gasteiger partial charge in [0.25, 0.3) is 0 Å². The number of allylic oxidation sites excluding steroid dienone is 2. The number of hydrogen-bond donors (Lipinski definition) is 0. The molecule has 4 nitrogen and oxygen atoms in total. The van der Waals surface area contributed by atoms with E-state index in [1.54, 1.807) is 6.07 Å². The number of carbonyl (C=O) groups excluding carboxylic acids is 2. The highest BCUT2D eigenvalue weighted by Gasteiger charge is 2.32. The van der Waals surface area contributed by atoms with Crippen molar-refractivity contribution in [2.75, 3.05) is 7.11 Å². The van der Waals surface area contributed by atoms with Gasteiger partial charge in [-0.3, -0.25) is 14.6 Å². The molecular weight excluding hydrogens is 347 g/mol. The molecule has 0 spiro atoms. The van der Waals surface area contributed by atoms with Crippen LogP contribution in [0.25, 0.3) is 0 Å². The van der Waals surface area contributed by atoms with Crippen molar-refractivity contribution in [1.29, 1.82) is 0 Å². The van der Waals surface area contributed by atoms with Crippen LogP contribution in [0.5, 0.6) is 5.75 Å². The predicted molar refractivity (Wildman–Crippen MR) is 87.3 cm³/mol. The highest BCUT2D eigenvalue weighted by Crippen LogP contribution is 2.31.